The van der Waals surface area contributed by atoms with Crippen LogP contribution in [0.25, 0.3) is 0 Å². The molecule has 0 rings (SSSR count). The lowest BCUT2D eigenvalue weighted by molar-refractivity contribution is 0.557. The molecule has 0 saturated heterocycles. The van der Waals surface area contributed by atoms with Crippen LogP contribution in [0.15, 0.2) is 12.3 Å². The lowest BCUT2D eigenvalue weighted by Gasteiger charge is -2.07. The molecule has 0 heterocycles. The average Bonchev–Trinajstić information content (AvgIpc) is 2.68. The first-order valence-electron chi connectivity index (χ1n) is 11.6. The van der Waals surface area contributed by atoms with Gasteiger partial charge in [-0.15, -0.1) is 0 Å². The molecule has 0 aliphatic heterocycles. The Labute approximate surface area is 169 Å². The predicted octanol–water partition coefficient (Wildman–Crippen LogP) is 3.13. The van der Waals surface area contributed by atoms with Crippen molar-refractivity contribution in [3.63, 3.8) is 0 Å². The van der Waals surface area contributed by atoms with Gasteiger partial charge in [-0.1, -0.05) is 70.8 Å². The maximum absolute atomic E-state index is 5.42. The summed E-state index contributed by atoms with van der Waals surface area (Å²) in [5.74, 6) is 0. The van der Waals surface area contributed by atoms with E-state index in [1.54, 1.807) is 0 Å². The topological polar surface area (TPSA) is 74.1 Å². The average molecular weight is 384 g/mol. The number of nitrogens with two attached hydrogens (primary N) is 1. The minimum absolute atomic E-state index is 0.711. The van der Waals surface area contributed by atoms with Crippen LogP contribution in [0.1, 0.15) is 77.6 Å². The highest BCUT2D eigenvalue weighted by atomic mass is 15.0. The summed E-state index contributed by atoms with van der Waals surface area (Å²) in [5.41, 5.74) is 5.42. The van der Waals surface area contributed by atoms with Crippen LogP contribution in [0, 0.1) is 0 Å². The largest absolute Gasteiger partial charge is 0.390 e. The monoisotopic (exact) mass is 383 g/mol. The van der Waals surface area contributed by atoms with E-state index in [0.717, 1.165) is 45.8 Å². The summed E-state index contributed by atoms with van der Waals surface area (Å²) in [6.45, 7) is 9.92. The van der Waals surface area contributed by atoms with Gasteiger partial charge >= 0.3 is 0 Å². The molecular weight excluding hydrogens is 334 g/mol. The molecule has 162 valence electrons. The molecule has 0 fully saturated rings. The fourth-order valence-electron chi connectivity index (χ4n) is 2.99. The van der Waals surface area contributed by atoms with Gasteiger partial charge in [0.1, 0.15) is 0 Å². The standard InChI is InChI=1S/C22H49N5/c1-2-3-4-5-6-7-8-9-10-11-12-13-15-24-17-19-26-21-22-27-20-18-25-16-14-23/h13,15,24-27H,2-12,14,16-23H2,1H3. The van der Waals surface area contributed by atoms with E-state index in [4.69, 9.17) is 5.73 Å². The highest BCUT2D eigenvalue weighted by Gasteiger charge is 1.92. The summed E-state index contributed by atoms with van der Waals surface area (Å²) in [7, 11) is 0. The van der Waals surface area contributed by atoms with Crippen molar-refractivity contribution in [3.05, 3.63) is 12.3 Å². The molecule has 0 bridgehead atoms. The summed E-state index contributed by atoms with van der Waals surface area (Å²) in [5, 5.41) is 13.5. The lowest BCUT2D eigenvalue weighted by Crippen LogP contribution is -2.35. The smallest absolute Gasteiger partial charge is 0.0266 e. The first-order chi connectivity index (χ1) is 13.4. The quantitative estimate of drug-likeness (QED) is 0.175. The minimum atomic E-state index is 0.711. The summed E-state index contributed by atoms with van der Waals surface area (Å²) in [6.07, 6.45) is 19.7. The zero-order valence-electron chi connectivity index (χ0n) is 18.2. The molecule has 0 spiro atoms. The van der Waals surface area contributed by atoms with Crippen LogP contribution in [0.4, 0.5) is 0 Å². The second-order valence-electron chi connectivity index (χ2n) is 7.37. The first kappa shape index (κ1) is 26.4. The van der Waals surface area contributed by atoms with E-state index >= 15 is 0 Å². The zero-order valence-corrected chi connectivity index (χ0v) is 18.2. The minimum Gasteiger partial charge on any atom is -0.390 e. The van der Waals surface area contributed by atoms with Gasteiger partial charge in [0.2, 0.25) is 0 Å². The molecule has 0 unspecified atom stereocenters. The second kappa shape index (κ2) is 25.4. The Kier molecular flexibility index (Phi) is 24.8. The van der Waals surface area contributed by atoms with Crippen molar-refractivity contribution in [1.82, 2.24) is 21.3 Å². The van der Waals surface area contributed by atoms with Gasteiger partial charge < -0.3 is 27.0 Å². The summed E-state index contributed by atoms with van der Waals surface area (Å²) in [4.78, 5) is 0. The Morgan fingerprint density at radius 2 is 1.07 bits per heavy atom. The van der Waals surface area contributed by atoms with Gasteiger partial charge in [-0.05, 0) is 19.0 Å². The summed E-state index contributed by atoms with van der Waals surface area (Å²) >= 11 is 0. The van der Waals surface area contributed by atoms with E-state index in [1.807, 2.05) is 0 Å². The Morgan fingerprint density at radius 1 is 0.593 bits per heavy atom. The SMILES string of the molecule is CCCCCCCCCCCCC=CNCCNCCNCCNCCN. The normalized spacial score (nSPS) is 11.5. The zero-order chi connectivity index (χ0) is 19.7. The molecule has 0 aromatic rings. The number of allylic oxidation sites excluding steroid dienone is 1. The van der Waals surface area contributed by atoms with Crippen molar-refractivity contribution in [2.45, 2.75) is 77.6 Å². The molecule has 0 aromatic heterocycles. The molecule has 27 heavy (non-hydrogen) atoms. The van der Waals surface area contributed by atoms with Crippen LogP contribution in [0.2, 0.25) is 0 Å². The van der Waals surface area contributed by atoms with Crippen LogP contribution in [0.5, 0.6) is 0 Å². The number of hydrogen-bond acceptors (Lipinski definition) is 5. The van der Waals surface area contributed by atoms with Gasteiger partial charge in [-0.25, -0.2) is 0 Å². The molecule has 0 saturated carbocycles. The fourth-order valence-corrected chi connectivity index (χ4v) is 2.99. The van der Waals surface area contributed by atoms with E-state index in [1.165, 1.54) is 70.6 Å². The van der Waals surface area contributed by atoms with E-state index in [0.29, 0.717) is 6.54 Å². The van der Waals surface area contributed by atoms with Crippen molar-refractivity contribution in [2.75, 3.05) is 52.4 Å². The molecule has 0 amide bonds. The Morgan fingerprint density at radius 3 is 1.63 bits per heavy atom. The highest BCUT2D eigenvalue weighted by molar-refractivity contribution is 4.79. The van der Waals surface area contributed by atoms with Gasteiger partial charge in [-0.3, -0.25) is 0 Å². The van der Waals surface area contributed by atoms with E-state index in [9.17, 15) is 0 Å². The van der Waals surface area contributed by atoms with Gasteiger partial charge in [0.15, 0.2) is 0 Å². The van der Waals surface area contributed by atoms with Gasteiger partial charge in [0.05, 0.1) is 0 Å². The predicted molar refractivity (Wildman–Crippen MR) is 121 cm³/mol. The Bertz CT molecular complexity index is 284. The molecule has 5 nitrogen and oxygen atoms in total. The molecule has 6 N–H and O–H groups in total. The van der Waals surface area contributed by atoms with E-state index in [2.05, 4.69) is 40.5 Å². The molecule has 0 atom stereocenters. The maximum atomic E-state index is 5.42. The summed E-state index contributed by atoms with van der Waals surface area (Å²) < 4.78 is 0. The van der Waals surface area contributed by atoms with Crippen LogP contribution >= 0.6 is 0 Å². The van der Waals surface area contributed by atoms with Crippen molar-refractivity contribution in [3.8, 4) is 0 Å². The van der Waals surface area contributed by atoms with Gasteiger partial charge in [0.25, 0.3) is 0 Å². The Hall–Kier alpha value is -0.620. The van der Waals surface area contributed by atoms with Gasteiger partial charge in [-0.2, -0.15) is 0 Å². The van der Waals surface area contributed by atoms with Crippen LogP contribution < -0.4 is 27.0 Å². The third kappa shape index (κ3) is 25.4. The number of unbranched alkanes of at least 4 members (excludes halogenated alkanes) is 10. The number of rotatable bonds is 23. The van der Waals surface area contributed by atoms with Crippen molar-refractivity contribution in [1.29, 1.82) is 0 Å². The fraction of sp³-hybridized carbons (Fsp3) is 0.909. The molecule has 0 aliphatic carbocycles. The molecule has 0 aromatic carbocycles. The molecular formula is C22H49N5. The van der Waals surface area contributed by atoms with Crippen molar-refractivity contribution in [2.24, 2.45) is 5.73 Å². The van der Waals surface area contributed by atoms with Gasteiger partial charge in [0, 0.05) is 52.4 Å². The third-order valence-electron chi connectivity index (χ3n) is 4.68. The van der Waals surface area contributed by atoms with Crippen molar-refractivity contribution >= 4 is 0 Å². The van der Waals surface area contributed by atoms with Crippen LogP contribution in [0.3, 0.4) is 0 Å². The lowest BCUT2D eigenvalue weighted by atomic mass is 10.1. The third-order valence-corrected chi connectivity index (χ3v) is 4.68. The second-order valence-corrected chi connectivity index (χ2v) is 7.37. The molecule has 0 radical (unpaired) electrons. The summed E-state index contributed by atoms with van der Waals surface area (Å²) in [6, 6.07) is 0. The number of hydrogen-bond donors (Lipinski definition) is 5. The van der Waals surface area contributed by atoms with E-state index < -0.39 is 0 Å². The first-order valence-corrected chi connectivity index (χ1v) is 11.6. The molecule has 5 heteroatoms. The Balaban J connectivity index is 3.05. The highest BCUT2D eigenvalue weighted by Crippen LogP contribution is 2.11. The van der Waals surface area contributed by atoms with Crippen LogP contribution in [-0.2, 0) is 0 Å². The van der Waals surface area contributed by atoms with Crippen molar-refractivity contribution < 1.29 is 0 Å². The van der Waals surface area contributed by atoms with Crippen LogP contribution in [-0.4, -0.2) is 52.4 Å². The molecule has 0 aliphatic rings. The van der Waals surface area contributed by atoms with E-state index in [-0.39, 0.29) is 0 Å². The number of nitrogens with one attached hydrogen (secondary N) is 4. The maximum Gasteiger partial charge on any atom is 0.0266 e.